The number of benzene rings is 1. The highest BCUT2D eigenvalue weighted by atomic mass is 16.5. The molecule has 1 amide bonds. The molecule has 0 radical (unpaired) electrons. The van der Waals surface area contributed by atoms with Crippen molar-refractivity contribution in [3.63, 3.8) is 0 Å². The molecule has 2 aromatic heterocycles. The Labute approximate surface area is 186 Å². The summed E-state index contributed by atoms with van der Waals surface area (Å²) in [5, 5.41) is 10.6. The van der Waals surface area contributed by atoms with Crippen molar-refractivity contribution in [2.24, 2.45) is 13.0 Å². The predicted octanol–water partition coefficient (Wildman–Crippen LogP) is 3.88. The Morgan fingerprint density at radius 3 is 2.66 bits per heavy atom. The van der Waals surface area contributed by atoms with Gasteiger partial charge in [0.05, 0.1) is 35.3 Å². The number of anilines is 3. The van der Waals surface area contributed by atoms with Crippen molar-refractivity contribution in [3.05, 3.63) is 41.9 Å². The van der Waals surface area contributed by atoms with Gasteiger partial charge in [-0.1, -0.05) is 13.0 Å². The molecule has 2 N–H and O–H groups in total. The van der Waals surface area contributed by atoms with Gasteiger partial charge in [-0.15, -0.1) is 0 Å². The number of hydrogen-bond donors (Lipinski definition) is 2. The summed E-state index contributed by atoms with van der Waals surface area (Å²) in [4.78, 5) is 33.8. The van der Waals surface area contributed by atoms with Crippen LogP contribution in [0.4, 0.5) is 17.2 Å². The Kier molecular flexibility index (Phi) is 5.89. The topological polar surface area (TPSA) is 111 Å². The number of amides is 1. The molecular formula is C23H26N6O3. The summed E-state index contributed by atoms with van der Waals surface area (Å²) in [6.07, 6.45) is 3.75. The molecule has 3 aromatic rings. The highest BCUT2D eigenvalue weighted by molar-refractivity contribution is 6.04. The zero-order valence-electron chi connectivity index (χ0n) is 18.6. The van der Waals surface area contributed by atoms with Gasteiger partial charge in [0.2, 0.25) is 5.91 Å². The summed E-state index contributed by atoms with van der Waals surface area (Å²) in [7, 11) is 3.37. The highest BCUT2D eigenvalue weighted by Gasteiger charge is 2.30. The van der Waals surface area contributed by atoms with Gasteiger partial charge in [-0.05, 0) is 31.9 Å². The average Bonchev–Trinajstić information content (AvgIpc) is 3.54. The predicted molar refractivity (Wildman–Crippen MR) is 121 cm³/mol. The molecule has 32 heavy (non-hydrogen) atoms. The van der Waals surface area contributed by atoms with E-state index in [0.717, 1.165) is 18.4 Å². The molecule has 166 valence electrons. The first kappa shape index (κ1) is 21.5. The molecule has 1 fully saturated rings. The lowest BCUT2D eigenvalue weighted by molar-refractivity contribution is -0.117. The van der Waals surface area contributed by atoms with Crippen LogP contribution in [0.5, 0.6) is 5.75 Å². The van der Waals surface area contributed by atoms with Gasteiger partial charge in [0, 0.05) is 25.5 Å². The minimum atomic E-state index is -0.0433. The quantitative estimate of drug-likeness (QED) is 0.518. The smallest absolute Gasteiger partial charge is 0.228 e. The van der Waals surface area contributed by atoms with Crippen molar-refractivity contribution in [1.82, 2.24) is 19.7 Å². The Hall–Kier alpha value is -3.75. The van der Waals surface area contributed by atoms with Crippen LogP contribution in [0.25, 0.3) is 11.4 Å². The second-order valence-corrected chi connectivity index (χ2v) is 7.81. The Morgan fingerprint density at radius 1 is 1.25 bits per heavy atom. The molecule has 1 aliphatic rings. The zero-order valence-corrected chi connectivity index (χ0v) is 18.6. The van der Waals surface area contributed by atoms with Crippen LogP contribution in [0.1, 0.15) is 42.2 Å². The number of aromatic nitrogens is 4. The maximum atomic E-state index is 12.7. The van der Waals surface area contributed by atoms with Gasteiger partial charge >= 0.3 is 0 Å². The first-order valence-corrected chi connectivity index (χ1v) is 10.6. The monoisotopic (exact) mass is 434 g/mol. The lowest BCUT2D eigenvalue weighted by Crippen LogP contribution is -2.16. The van der Waals surface area contributed by atoms with E-state index < -0.39 is 0 Å². The normalized spacial score (nSPS) is 13.0. The minimum absolute atomic E-state index is 0.0425. The molecular weight excluding hydrogens is 408 g/mol. The van der Waals surface area contributed by atoms with Crippen molar-refractivity contribution < 1.29 is 14.3 Å². The van der Waals surface area contributed by atoms with Crippen LogP contribution in [-0.2, 0) is 11.8 Å². The summed E-state index contributed by atoms with van der Waals surface area (Å²) in [5.41, 5.74) is 2.96. The molecule has 0 spiro atoms. The Bertz CT molecular complexity index is 1180. The third-order valence-corrected chi connectivity index (χ3v) is 5.33. The molecule has 0 unspecified atom stereocenters. The summed E-state index contributed by atoms with van der Waals surface area (Å²) in [6.45, 7) is 3.58. The van der Waals surface area contributed by atoms with Crippen LogP contribution in [0, 0.1) is 12.8 Å². The number of Topliss-reactive ketones (excluding diaryl/α,β-unsaturated/α-hetero) is 1. The van der Waals surface area contributed by atoms with Crippen molar-refractivity contribution in [3.8, 4) is 17.1 Å². The first-order chi connectivity index (χ1) is 15.4. The summed E-state index contributed by atoms with van der Waals surface area (Å²) in [5.74, 6) is 1.45. The third-order valence-electron chi connectivity index (χ3n) is 5.33. The van der Waals surface area contributed by atoms with Crippen molar-refractivity contribution in [2.75, 3.05) is 17.7 Å². The fourth-order valence-electron chi connectivity index (χ4n) is 3.58. The Morgan fingerprint density at radius 2 is 2.03 bits per heavy atom. The average molecular weight is 435 g/mol. The molecule has 0 saturated heterocycles. The lowest BCUT2D eigenvalue weighted by atomic mass is 10.0. The second-order valence-electron chi connectivity index (χ2n) is 7.81. The van der Waals surface area contributed by atoms with E-state index in [1.807, 2.05) is 25.1 Å². The number of nitrogens with one attached hydrogen (secondary N) is 2. The minimum Gasteiger partial charge on any atom is -0.494 e. The molecule has 1 aliphatic carbocycles. The molecule has 0 bridgehead atoms. The summed E-state index contributed by atoms with van der Waals surface area (Å²) in [6, 6.07) is 7.28. The maximum absolute atomic E-state index is 12.7. The molecule has 2 heterocycles. The van der Waals surface area contributed by atoms with Crippen LogP contribution < -0.4 is 15.4 Å². The molecule has 0 atom stereocenters. The number of methoxy groups -OCH3 is 1. The number of carbonyl (C=O) groups is 2. The van der Waals surface area contributed by atoms with Gasteiger partial charge in [-0.2, -0.15) is 5.10 Å². The largest absolute Gasteiger partial charge is 0.494 e. The summed E-state index contributed by atoms with van der Waals surface area (Å²) >= 11 is 0. The maximum Gasteiger partial charge on any atom is 0.228 e. The van der Waals surface area contributed by atoms with Gasteiger partial charge in [0.1, 0.15) is 12.1 Å². The number of ether oxygens (including phenoxy) is 1. The first-order valence-electron chi connectivity index (χ1n) is 10.6. The molecule has 0 aliphatic heterocycles. The van der Waals surface area contributed by atoms with Crippen LogP contribution in [0.15, 0.2) is 30.6 Å². The van der Waals surface area contributed by atoms with Crippen molar-refractivity contribution in [2.45, 2.75) is 33.1 Å². The molecule has 1 aromatic carbocycles. The zero-order chi connectivity index (χ0) is 22.8. The van der Waals surface area contributed by atoms with Crippen molar-refractivity contribution in [1.29, 1.82) is 0 Å². The number of hydrogen-bond acceptors (Lipinski definition) is 7. The second kappa shape index (κ2) is 8.78. The van der Waals surface area contributed by atoms with Gasteiger partial charge in [-0.3, -0.25) is 14.3 Å². The summed E-state index contributed by atoms with van der Waals surface area (Å²) < 4.78 is 7.30. The van der Waals surface area contributed by atoms with E-state index in [1.165, 1.54) is 0 Å². The van der Waals surface area contributed by atoms with Gasteiger partial charge in [-0.25, -0.2) is 9.97 Å². The number of pyridine rings is 1. The van der Waals surface area contributed by atoms with Crippen LogP contribution >= 0.6 is 0 Å². The highest BCUT2D eigenvalue weighted by Crippen LogP contribution is 2.38. The van der Waals surface area contributed by atoms with E-state index in [-0.39, 0.29) is 17.6 Å². The fraction of sp³-hybridized carbons (Fsp3) is 0.348. The van der Waals surface area contributed by atoms with E-state index in [2.05, 4.69) is 25.7 Å². The number of rotatable bonds is 8. The number of aryl methyl sites for hydroxylation is 2. The van der Waals surface area contributed by atoms with Gasteiger partial charge in [0.25, 0.3) is 0 Å². The van der Waals surface area contributed by atoms with Crippen LogP contribution in [0.3, 0.4) is 0 Å². The van der Waals surface area contributed by atoms with E-state index in [4.69, 9.17) is 4.74 Å². The van der Waals surface area contributed by atoms with Crippen LogP contribution in [-0.4, -0.2) is 38.5 Å². The van der Waals surface area contributed by atoms with E-state index >= 15 is 0 Å². The van der Waals surface area contributed by atoms with E-state index in [9.17, 15) is 9.59 Å². The fourth-order valence-corrected chi connectivity index (χ4v) is 3.58. The molecule has 1 saturated carbocycles. The number of ketones is 1. The third kappa shape index (κ3) is 4.32. The molecule has 9 nitrogen and oxygen atoms in total. The number of carbonyl (C=O) groups excluding carboxylic acids is 2. The van der Waals surface area contributed by atoms with Gasteiger partial charge in [0.15, 0.2) is 17.4 Å². The van der Waals surface area contributed by atoms with Crippen molar-refractivity contribution >= 4 is 28.9 Å². The number of nitrogens with zero attached hydrogens (tertiary/aromatic N) is 4. The molecule has 9 heteroatoms. The van der Waals surface area contributed by atoms with Crippen LogP contribution in [0.2, 0.25) is 0 Å². The molecule has 4 rings (SSSR count). The van der Waals surface area contributed by atoms with Gasteiger partial charge < -0.3 is 15.4 Å². The van der Waals surface area contributed by atoms with E-state index in [0.29, 0.717) is 46.4 Å². The van der Waals surface area contributed by atoms with E-state index in [1.54, 1.807) is 38.2 Å². The SMILES string of the molecule is CCC(=O)c1c(Nc2cccc(-c3ncn(C)n3)c2OC)cc(NC(=O)C2CC2)nc1C. The number of para-hydroxylation sites is 1. The lowest BCUT2D eigenvalue weighted by Gasteiger charge is -2.18. The Balaban J connectivity index is 1.76. The standard InChI is InChI=1S/C23H26N6O3/c1-5-18(30)20-13(2)25-19(27-23(31)14-9-10-14)11-17(20)26-16-8-6-7-15(21(16)32-4)22-24-12-29(3)28-22/h6-8,11-12,14H,5,9-10H2,1-4H3,(H2,25,26,27,31).